The number of pyridine rings is 1. The van der Waals surface area contributed by atoms with Gasteiger partial charge in [-0.25, -0.2) is 9.78 Å². The van der Waals surface area contributed by atoms with Crippen LogP contribution in [0, 0.1) is 6.92 Å². The molecule has 100 valence electrons. The van der Waals surface area contributed by atoms with Crippen LogP contribution in [0.15, 0.2) is 12.3 Å². The van der Waals surface area contributed by atoms with Gasteiger partial charge in [-0.05, 0) is 39.6 Å². The van der Waals surface area contributed by atoms with Crippen molar-refractivity contribution in [1.29, 1.82) is 0 Å². The number of nitrogens with zero attached hydrogens (tertiary/aromatic N) is 2. The molecular formula is C13H21N3O2. The summed E-state index contributed by atoms with van der Waals surface area (Å²) in [7, 11) is 4.04. The molecule has 0 saturated carbocycles. The maximum absolute atomic E-state index is 11.5. The van der Waals surface area contributed by atoms with Crippen LogP contribution >= 0.6 is 0 Å². The number of hydrogen-bond acceptors (Lipinski definition) is 5. The average molecular weight is 251 g/mol. The minimum Gasteiger partial charge on any atom is -0.462 e. The lowest BCUT2D eigenvalue weighted by Gasteiger charge is -2.12. The number of aromatic nitrogens is 1. The van der Waals surface area contributed by atoms with Crippen LogP contribution in [-0.2, 0) is 4.74 Å². The normalized spacial score (nSPS) is 10.5. The van der Waals surface area contributed by atoms with E-state index >= 15 is 0 Å². The van der Waals surface area contributed by atoms with Crippen molar-refractivity contribution in [1.82, 2.24) is 9.88 Å². The van der Waals surface area contributed by atoms with Gasteiger partial charge in [0.2, 0.25) is 0 Å². The lowest BCUT2D eigenvalue weighted by atomic mass is 10.2. The Morgan fingerprint density at radius 1 is 1.50 bits per heavy atom. The second kappa shape index (κ2) is 6.96. The van der Waals surface area contributed by atoms with Crippen molar-refractivity contribution >= 4 is 11.8 Å². The highest BCUT2D eigenvalue weighted by molar-refractivity contribution is 5.89. The van der Waals surface area contributed by atoms with Crippen molar-refractivity contribution in [3.8, 4) is 0 Å². The summed E-state index contributed by atoms with van der Waals surface area (Å²) < 4.78 is 4.93. The smallest absolute Gasteiger partial charge is 0.339 e. The van der Waals surface area contributed by atoms with Crippen molar-refractivity contribution in [2.45, 2.75) is 13.8 Å². The molecular weight excluding hydrogens is 230 g/mol. The van der Waals surface area contributed by atoms with Gasteiger partial charge in [0.05, 0.1) is 12.2 Å². The molecule has 0 spiro atoms. The largest absolute Gasteiger partial charge is 0.462 e. The monoisotopic (exact) mass is 251 g/mol. The first-order valence-electron chi connectivity index (χ1n) is 6.07. The van der Waals surface area contributed by atoms with Crippen molar-refractivity contribution in [2.24, 2.45) is 0 Å². The summed E-state index contributed by atoms with van der Waals surface area (Å²) in [6.45, 7) is 5.84. The Morgan fingerprint density at radius 3 is 2.78 bits per heavy atom. The number of carbonyl (C=O) groups excluding carboxylic acids is 1. The molecule has 5 heteroatoms. The third-order valence-electron chi connectivity index (χ3n) is 2.44. The number of esters is 1. The molecule has 0 fully saturated rings. The molecule has 0 radical (unpaired) electrons. The number of nitrogens with one attached hydrogen (secondary N) is 1. The first-order chi connectivity index (χ1) is 8.54. The second-order valence-electron chi connectivity index (χ2n) is 4.34. The Hall–Kier alpha value is -1.62. The maximum Gasteiger partial charge on any atom is 0.339 e. The summed E-state index contributed by atoms with van der Waals surface area (Å²) in [5, 5.41) is 3.24. The van der Waals surface area contributed by atoms with Crippen LogP contribution in [0.1, 0.15) is 22.8 Å². The number of hydrogen-bond donors (Lipinski definition) is 1. The molecule has 0 aromatic carbocycles. The SMILES string of the molecule is CCOC(=O)c1cnc(NCCN(C)C)c(C)c1. The molecule has 0 bridgehead atoms. The zero-order valence-electron chi connectivity index (χ0n) is 11.5. The standard InChI is InChI=1S/C13H21N3O2/c1-5-18-13(17)11-8-10(2)12(15-9-11)14-6-7-16(3)4/h8-9H,5-7H2,1-4H3,(H,14,15). The summed E-state index contributed by atoms with van der Waals surface area (Å²) in [6.07, 6.45) is 1.54. The van der Waals surface area contributed by atoms with E-state index in [1.54, 1.807) is 19.2 Å². The zero-order chi connectivity index (χ0) is 13.5. The highest BCUT2D eigenvalue weighted by Gasteiger charge is 2.09. The minimum absolute atomic E-state index is 0.326. The third-order valence-corrected chi connectivity index (χ3v) is 2.44. The second-order valence-corrected chi connectivity index (χ2v) is 4.34. The molecule has 0 aliphatic carbocycles. The van der Waals surface area contributed by atoms with Gasteiger partial charge in [0.15, 0.2) is 0 Å². The fourth-order valence-electron chi connectivity index (χ4n) is 1.48. The van der Waals surface area contributed by atoms with Gasteiger partial charge in [-0.3, -0.25) is 0 Å². The fourth-order valence-corrected chi connectivity index (χ4v) is 1.48. The Balaban J connectivity index is 2.65. The topological polar surface area (TPSA) is 54.5 Å². The van der Waals surface area contributed by atoms with E-state index in [-0.39, 0.29) is 5.97 Å². The van der Waals surface area contributed by atoms with E-state index < -0.39 is 0 Å². The average Bonchev–Trinajstić information content (AvgIpc) is 2.31. The molecule has 1 rings (SSSR count). The summed E-state index contributed by atoms with van der Waals surface area (Å²) in [5.74, 6) is 0.484. The number of likely N-dealkylation sites (N-methyl/N-ethyl adjacent to an activating group) is 1. The van der Waals surface area contributed by atoms with Crippen LogP contribution in [0.3, 0.4) is 0 Å². The number of aryl methyl sites for hydroxylation is 1. The first-order valence-corrected chi connectivity index (χ1v) is 6.07. The van der Waals surface area contributed by atoms with Gasteiger partial charge in [-0.2, -0.15) is 0 Å². The molecule has 1 aromatic rings. The zero-order valence-corrected chi connectivity index (χ0v) is 11.5. The van der Waals surface area contributed by atoms with E-state index in [9.17, 15) is 4.79 Å². The van der Waals surface area contributed by atoms with E-state index in [1.165, 1.54) is 0 Å². The molecule has 0 atom stereocenters. The molecule has 5 nitrogen and oxygen atoms in total. The molecule has 0 saturated heterocycles. The van der Waals surface area contributed by atoms with Crippen molar-refractivity contribution in [2.75, 3.05) is 39.1 Å². The van der Waals surface area contributed by atoms with E-state index in [0.29, 0.717) is 12.2 Å². The van der Waals surface area contributed by atoms with Crippen LogP contribution in [0.25, 0.3) is 0 Å². The third kappa shape index (κ3) is 4.33. The highest BCUT2D eigenvalue weighted by Crippen LogP contribution is 2.13. The lowest BCUT2D eigenvalue weighted by molar-refractivity contribution is 0.0526. The number of anilines is 1. The Bertz CT molecular complexity index is 405. The van der Waals surface area contributed by atoms with Crippen LogP contribution in [-0.4, -0.2) is 49.6 Å². The highest BCUT2D eigenvalue weighted by atomic mass is 16.5. The predicted octanol–water partition coefficient (Wildman–Crippen LogP) is 1.54. The molecule has 1 heterocycles. The molecule has 18 heavy (non-hydrogen) atoms. The Kier molecular flexibility index (Phi) is 5.58. The maximum atomic E-state index is 11.5. The molecule has 0 aliphatic heterocycles. The summed E-state index contributed by atoms with van der Waals surface area (Å²) in [6, 6.07) is 1.79. The number of ether oxygens (including phenoxy) is 1. The van der Waals surface area contributed by atoms with Crippen LogP contribution in [0.4, 0.5) is 5.82 Å². The van der Waals surface area contributed by atoms with E-state index in [2.05, 4.69) is 15.2 Å². The van der Waals surface area contributed by atoms with Crippen molar-refractivity contribution in [3.05, 3.63) is 23.4 Å². The molecule has 0 unspecified atom stereocenters. The van der Waals surface area contributed by atoms with Crippen molar-refractivity contribution in [3.63, 3.8) is 0 Å². The van der Waals surface area contributed by atoms with Gasteiger partial charge in [0.1, 0.15) is 5.82 Å². The number of carbonyl (C=O) groups is 1. The first kappa shape index (κ1) is 14.4. The Labute approximate surface area is 108 Å². The quantitative estimate of drug-likeness (QED) is 0.777. The van der Waals surface area contributed by atoms with E-state index in [1.807, 2.05) is 21.0 Å². The van der Waals surface area contributed by atoms with Gasteiger partial charge in [0.25, 0.3) is 0 Å². The van der Waals surface area contributed by atoms with Gasteiger partial charge in [-0.1, -0.05) is 0 Å². The van der Waals surface area contributed by atoms with Crippen LogP contribution in [0.2, 0.25) is 0 Å². The van der Waals surface area contributed by atoms with E-state index in [4.69, 9.17) is 4.74 Å². The minimum atomic E-state index is -0.326. The fraction of sp³-hybridized carbons (Fsp3) is 0.538. The molecule has 0 aliphatic rings. The van der Waals surface area contributed by atoms with Gasteiger partial charge in [0, 0.05) is 19.3 Å². The Morgan fingerprint density at radius 2 is 2.22 bits per heavy atom. The lowest BCUT2D eigenvalue weighted by Crippen LogP contribution is -2.21. The van der Waals surface area contributed by atoms with Gasteiger partial charge in [-0.15, -0.1) is 0 Å². The van der Waals surface area contributed by atoms with Crippen LogP contribution in [0.5, 0.6) is 0 Å². The van der Waals surface area contributed by atoms with E-state index in [0.717, 1.165) is 24.5 Å². The van der Waals surface area contributed by atoms with Gasteiger partial charge >= 0.3 is 5.97 Å². The summed E-state index contributed by atoms with van der Waals surface area (Å²) in [5.41, 5.74) is 1.44. The molecule has 0 amide bonds. The molecule has 1 aromatic heterocycles. The van der Waals surface area contributed by atoms with Crippen molar-refractivity contribution < 1.29 is 9.53 Å². The predicted molar refractivity (Wildman–Crippen MR) is 72.0 cm³/mol. The summed E-state index contributed by atoms with van der Waals surface area (Å²) in [4.78, 5) is 17.9. The van der Waals surface area contributed by atoms with Gasteiger partial charge < -0.3 is 15.0 Å². The molecule has 1 N–H and O–H groups in total. The summed E-state index contributed by atoms with van der Waals surface area (Å²) >= 11 is 0. The number of rotatable bonds is 6. The van der Waals surface area contributed by atoms with Crippen LogP contribution < -0.4 is 5.32 Å².